The third-order valence-electron chi connectivity index (χ3n) is 4.79. The van der Waals surface area contributed by atoms with Crippen molar-refractivity contribution in [3.8, 4) is 0 Å². The molecule has 0 saturated heterocycles. The third-order valence-corrected chi connectivity index (χ3v) is 4.79. The van der Waals surface area contributed by atoms with E-state index in [1.807, 2.05) is 61.2 Å². The van der Waals surface area contributed by atoms with Crippen molar-refractivity contribution in [1.82, 2.24) is 9.97 Å². The molecule has 0 aliphatic rings. The number of nitrogens with two attached hydrogens (primary N) is 1. The van der Waals surface area contributed by atoms with E-state index in [1.165, 1.54) is 23.3 Å². The molecule has 0 fully saturated rings. The Kier molecular flexibility index (Phi) is 6.08. The Hall–Kier alpha value is -2.59. The lowest BCUT2D eigenvalue weighted by Gasteiger charge is -2.30. The van der Waals surface area contributed by atoms with Crippen molar-refractivity contribution in [1.29, 1.82) is 0 Å². The monoisotopic (exact) mass is 349 g/mol. The van der Waals surface area contributed by atoms with E-state index in [0.717, 1.165) is 37.7 Å². The second-order valence-electron chi connectivity index (χ2n) is 6.88. The number of hydrogen-bond acceptors (Lipinski definition) is 3. The maximum Gasteiger partial charge on any atom is 0.123 e. The Morgan fingerprint density at radius 3 is 1.62 bits per heavy atom. The van der Waals surface area contributed by atoms with Gasteiger partial charge in [0.1, 0.15) is 5.82 Å². The number of hydrogen-bond donors (Lipinski definition) is 1. The predicted molar refractivity (Wildman–Crippen MR) is 102 cm³/mol. The van der Waals surface area contributed by atoms with Gasteiger partial charge in [0, 0.05) is 30.3 Å². The molecule has 0 bridgehead atoms. The molecule has 26 heavy (non-hydrogen) atoms. The van der Waals surface area contributed by atoms with Crippen LogP contribution in [0.3, 0.4) is 0 Å². The van der Waals surface area contributed by atoms with Crippen LogP contribution in [-0.2, 0) is 19.3 Å². The largest absolute Gasteiger partial charge is 0.325 e. The lowest BCUT2D eigenvalue weighted by molar-refractivity contribution is 0.362. The summed E-state index contributed by atoms with van der Waals surface area (Å²) in [5.41, 5.74) is 10.0. The molecule has 0 atom stereocenters. The maximum atomic E-state index is 13.2. The molecule has 3 aromatic rings. The summed E-state index contributed by atoms with van der Waals surface area (Å²) in [6, 6.07) is 14.8. The first-order valence-electron chi connectivity index (χ1n) is 8.94. The molecule has 3 nitrogen and oxygen atoms in total. The topological polar surface area (TPSA) is 51.8 Å². The fraction of sp³-hybridized carbons (Fsp3) is 0.273. The van der Waals surface area contributed by atoms with Gasteiger partial charge in [0.15, 0.2) is 0 Å². The molecular formula is C22H24FN3. The summed E-state index contributed by atoms with van der Waals surface area (Å²) in [5.74, 6) is -0.218. The molecule has 3 rings (SSSR count). The highest BCUT2D eigenvalue weighted by Crippen LogP contribution is 2.23. The van der Waals surface area contributed by atoms with E-state index in [4.69, 9.17) is 5.73 Å². The molecule has 0 amide bonds. The van der Waals surface area contributed by atoms with E-state index in [2.05, 4.69) is 9.97 Å². The molecular weight excluding hydrogens is 325 g/mol. The van der Waals surface area contributed by atoms with Crippen molar-refractivity contribution in [3.63, 3.8) is 0 Å². The van der Waals surface area contributed by atoms with Crippen LogP contribution in [0.4, 0.5) is 4.39 Å². The second kappa shape index (κ2) is 8.68. The van der Waals surface area contributed by atoms with Gasteiger partial charge in [0.05, 0.1) is 0 Å². The Balaban J connectivity index is 1.71. The number of aromatic nitrogens is 2. The van der Waals surface area contributed by atoms with Crippen LogP contribution in [0.25, 0.3) is 0 Å². The van der Waals surface area contributed by atoms with Crippen molar-refractivity contribution in [2.24, 2.45) is 5.73 Å². The lowest BCUT2D eigenvalue weighted by Crippen LogP contribution is -2.43. The zero-order valence-corrected chi connectivity index (χ0v) is 14.8. The Morgan fingerprint density at radius 1 is 0.692 bits per heavy atom. The fourth-order valence-corrected chi connectivity index (χ4v) is 3.20. The van der Waals surface area contributed by atoms with Crippen molar-refractivity contribution in [3.05, 3.63) is 95.8 Å². The molecule has 2 N–H and O–H groups in total. The molecule has 0 unspecified atom stereocenters. The number of halogens is 1. The van der Waals surface area contributed by atoms with Gasteiger partial charge in [0.25, 0.3) is 0 Å². The van der Waals surface area contributed by atoms with Crippen LogP contribution in [0, 0.1) is 5.82 Å². The molecule has 1 aromatic carbocycles. The zero-order valence-electron chi connectivity index (χ0n) is 14.8. The van der Waals surface area contributed by atoms with Gasteiger partial charge < -0.3 is 5.73 Å². The van der Waals surface area contributed by atoms with Crippen LogP contribution in [0.1, 0.15) is 29.5 Å². The first-order valence-corrected chi connectivity index (χ1v) is 8.94. The molecule has 134 valence electrons. The third kappa shape index (κ3) is 5.46. The van der Waals surface area contributed by atoms with Crippen molar-refractivity contribution < 1.29 is 4.39 Å². The normalized spacial score (nSPS) is 11.5. The quantitative estimate of drug-likeness (QED) is 0.665. The number of nitrogens with zero attached hydrogens (tertiary/aromatic N) is 2. The van der Waals surface area contributed by atoms with Crippen molar-refractivity contribution in [2.75, 3.05) is 0 Å². The Morgan fingerprint density at radius 2 is 1.15 bits per heavy atom. The van der Waals surface area contributed by atoms with E-state index in [-0.39, 0.29) is 11.4 Å². The van der Waals surface area contributed by atoms with Crippen LogP contribution < -0.4 is 5.73 Å². The molecule has 0 spiro atoms. The lowest BCUT2D eigenvalue weighted by atomic mass is 9.81. The van der Waals surface area contributed by atoms with Gasteiger partial charge in [0.2, 0.25) is 0 Å². The highest BCUT2D eigenvalue weighted by molar-refractivity contribution is 5.20. The summed E-state index contributed by atoms with van der Waals surface area (Å²) in [4.78, 5) is 8.14. The van der Waals surface area contributed by atoms with Gasteiger partial charge >= 0.3 is 0 Å². The van der Waals surface area contributed by atoms with Gasteiger partial charge in [-0.05, 0) is 85.2 Å². The summed E-state index contributed by atoms with van der Waals surface area (Å²) >= 11 is 0. The van der Waals surface area contributed by atoms with Crippen LogP contribution in [0.2, 0.25) is 0 Å². The van der Waals surface area contributed by atoms with Crippen LogP contribution in [-0.4, -0.2) is 15.5 Å². The van der Waals surface area contributed by atoms with E-state index in [9.17, 15) is 4.39 Å². The van der Waals surface area contributed by atoms with Gasteiger partial charge in [-0.1, -0.05) is 12.1 Å². The Labute approximate surface area is 154 Å². The average molecular weight is 349 g/mol. The minimum atomic E-state index is -0.357. The van der Waals surface area contributed by atoms with Crippen molar-refractivity contribution >= 4 is 0 Å². The highest BCUT2D eigenvalue weighted by Gasteiger charge is 2.25. The highest BCUT2D eigenvalue weighted by atomic mass is 19.1. The molecule has 0 saturated carbocycles. The summed E-state index contributed by atoms with van der Waals surface area (Å²) in [6.07, 6.45) is 11.5. The van der Waals surface area contributed by atoms with Crippen LogP contribution in [0.15, 0.2) is 73.3 Å². The minimum Gasteiger partial charge on any atom is -0.325 e. The zero-order chi connectivity index (χ0) is 18.2. The summed E-state index contributed by atoms with van der Waals surface area (Å²) in [6.45, 7) is 0. The van der Waals surface area contributed by atoms with E-state index >= 15 is 0 Å². The number of pyridine rings is 2. The number of benzene rings is 1. The van der Waals surface area contributed by atoms with Crippen LogP contribution >= 0.6 is 0 Å². The standard InChI is InChI=1S/C22H24FN3/c23-21-3-1-20(2-4-21)17-22(24,11-5-18-7-13-25-14-8-18)12-6-19-9-15-26-16-10-19/h1-4,7-10,13-16H,5-6,11-12,17,24H2. The summed E-state index contributed by atoms with van der Waals surface area (Å²) < 4.78 is 13.2. The SMILES string of the molecule is NC(CCc1ccncc1)(CCc1ccncc1)Cc1ccc(F)cc1. The first-order chi connectivity index (χ1) is 12.6. The molecule has 4 heteroatoms. The summed E-state index contributed by atoms with van der Waals surface area (Å²) in [7, 11) is 0. The average Bonchev–Trinajstić information content (AvgIpc) is 2.69. The Bertz CT molecular complexity index is 745. The van der Waals surface area contributed by atoms with Crippen LogP contribution in [0.5, 0.6) is 0 Å². The smallest absolute Gasteiger partial charge is 0.123 e. The fourth-order valence-electron chi connectivity index (χ4n) is 3.20. The van der Waals surface area contributed by atoms with Gasteiger partial charge in [-0.15, -0.1) is 0 Å². The van der Waals surface area contributed by atoms with E-state index in [0.29, 0.717) is 0 Å². The second-order valence-corrected chi connectivity index (χ2v) is 6.88. The molecule has 0 radical (unpaired) electrons. The van der Waals surface area contributed by atoms with Crippen molar-refractivity contribution in [2.45, 2.75) is 37.6 Å². The predicted octanol–water partition coefficient (Wildman–Crippen LogP) is 4.12. The summed E-state index contributed by atoms with van der Waals surface area (Å²) in [5, 5.41) is 0. The molecule has 0 aliphatic heterocycles. The molecule has 0 aliphatic carbocycles. The van der Waals surface area contributed by atoms with E-state index in [1.54, 1.807) is 0 Å². The molecule has 2 aromatic heterocycles. The maximum absolute atomic E-state index is 13.2. The van der Waals surface area contributed by atoms with Gasteiger partial charge in [-0.2, -0.15) is 0 Å². The first kappa shape index (κ1) is 18.2. The molecule has 2 heterocycles. The number of aryl methyl sites for hydroxylation is 2. The minimum absolute atomic E-state index is 0.218. The van der Waals surface area contributed by atoms with Gasteiger partial charge in [-0.3, -0.25) is 9.97 Å². The number of rotatable bonds is 8. The van der Waals surface area contributed by atoms with Gasteiger partial charge in [-0.25, -0.2) is 4.39 Å². The van der Waals surface area contributed by atoms with E-state index < -0.39 is 0 Å².